The predicted octanol–water partition coefficient (Wildman–Crippen LogP) is 4.37. The van der Waals surface area contributed by atoms with Crippen molar-refractivity contribution in [3.8, 4) is 11.5 Å². The molecule has 1 aliphatic rings. The quantitative estimate of drug-likeness (QED) is 0.819. The third kappa shape index (κ3) is 3.27. The zero-order chi connectivity index (χ0) is 15.4. The molecule has 116 valence electrons. The fourth-order valence-corrected chi connectivity index (χ4v) is 3.33. The molecule has 0 unspecified atom stereocenters. The molecule has 0 heterocycles. The normalized spacial score (nSPS) is 14.6. The molecule has 0 fully saturated rings. The van der Waals surface area contributed by atoms with E-state index in [-0.39, 0.29) is 0 Å². The summed E-state index contributed by atoms with van der Waals surface area (Å²) in [5.41, 5.74) is 5.50. The number of benzene rings is 2. The average Bonchev–Trinajstić information content (AvgIpc) is 2.54. The van der Waals surface area contributed by atoms with E-state index in [4.69, 9.17) is 9.47 Å². The molecule has 22 heavy (non-hydrogen) atoms. The molecular weight excluding hydrogens is 272 g/mol. The predicted molar refractivity (Wildman–Crippen MR) is 90.0 cm³/mol. The van der Waals surface area contributed by atoms with Crippen molar-refractivity contribution < 1.29 is 9.47 Å². The Hall–Kier alpha value is -1.96. The summed E-state index contributed by atoms with van der Waals surface area (Å²) in [6, 6.07) is 13.3. The largest absolute Gasteiger partial charge is 0.496 e. The highest BCUT2D eigenvalue weighted by atomic mass is 16.5. The smallest absolute Gasteiger partial charge is 0.122 e. The minimum Gasteiger partial charge on any atom is -0.496 e. The van der Waals surface area contributed by atoms with Gasteiger partial charge in [0.25, 0.3) is 0 Å². The number of methoxy groups -OCH3 is 2. The molecule has 0 radical (unpaired) electrons. The lowest BCUT2D eigenvalue weighted by Gasteiger charge is -2.14. The van der Waals surface area contributed by atoms with Crippen LogP contribution in [0.5, 0.6) is 11.5 Å². The first-order valence-electron chi connectivity index (χ1n) is 8.12. The second-order valence-electron chi connectivity index (χ2n) is 6.00. The van der Waals surface area contributed by atoms with Crippen LogP contribution in [0, 0.1) is 0 Å². The van der Waals surface area contributed by atoms with E-state index in [0.29, 0.717) is 0 Å². The van der Waals surface area contributed by atoms with Crippen molar-refractivity contribution >= 4 is 0 Å². The van der Waals surface area contributed by atoms with E-state index < -0.39 is 0 Å². The van der Waals surface area contributed by atoms with Crippen LogP contribution in [0.4, 0.5) is 0 Å². The molecule has 0 aliphatic heterocycles. The van der Waals surface area contributed by atoms with Crippen molar-refractivity contribution in [3.05, 3.63) is 58.7 Å². The Balaban J connectivity index is 1.87. The molecule has 0 amide bonds. The number of hydrogen-bond donors (Lipinski definition) is 0. The van der Waals surface area contributed by atoms with Gasteiger partial charge < -0.3 is 9.47 Å². The van der Waals surface area contributed by atoms with E-state index in [9.17, 15) is 0 Å². The van der Waals surface area contributed by atoms with E-state index in [1.165, 1.54) is 22.3 Å². The van der Waals surface area contributed by atoms with Gasteiger partial charge in [-0.3, -0.25) is 0 Å². The van der Waals surface area contributed by atoms with Gasteiger partial charge in [-0.15, -0.1) is 0 Å². The highest BCUT2D eigenvalue weighted by Crippen LogP contribution is 2.27. The Bertz CT molecular complexity index is 589. The summed E-state index contributed by atoms with van der Waals surface area (Å²) in [5, 5.41) is 0. The molecule has 1 aliphatic carbocycles. The van der Waals surface area contributed by atoms with Crippen LogP contribution in [-0.2, 0) is 25.7 Å². The van der Waals surface area contributed by atoms with Crippen LogP contribution in [0.2, 0.25) is 0 Å². The van der Waals surface area contributed by atoms with Crippen LogP contribution in [0.25, 0.3) is 0 Å². The van der Waals surface area contributed by atoms with Crippen molar-refractivity contribution in [2.24, 2.45) is 0 Å². The molecule has 0 spiro atoms. The zero-order valence-electron chi connectivity index (χ0n) is 13.5. The lowest BCUT2D eigenvalue weighted by molar-refractivity contribution is 0.408. The number of aryl methyl sites for hydroxylation is 4. The summed E-state index contributed by atoms with van der Waals surface area (Å²) in [4.78, 5) is 0. The summed E-state index contributed by atoms with van der Waals surface area (Å²) < 4.78 is 11.0. The SMILES string of the molecule is COc1ccc2cc1CCCc1ccc(OC)c(c1)CCC2. The van der Waals surface area contributed by atoms with Gasteiger partial charge in [0, 0.05) is 0 Å². The molecule has 4 bridgehead atoms. The lowest BCUT2D eigenvalue weighted by atomic mass is 9.95. The van der Waals surface area contributed by atoms with Gasteiger partial charge in [-0.05, 0) is 72.9 Å². The van der Waals surface area contributed by atoms with Gasteiger partial charge in [-0.2, -0.15) is 0 Å². The van der Waals surface area contributed by atoms with E-state index >= 15 is 0 Å². The molecule has 0 N–H and O–H groups in total. The molecule has 2 nitrogen and oxygen atoms in total. The highest BCUT2D eigenvalue weighted by Gasteiger charge is 2.09. The van der Waals surface area contributed by atoms with Crippen LogP contribution in [0.1, 0.15) is 35.1 Å². The number of ether oxygens (including phenoxy) is 2. The summed E-state index contributed by atoms with van der Waals surface area (Å²) in [6.45, 7) is 0. The Morgan fingerprint density at radius 3 is 1.50 bits per heavy atom. The Morgan fingerprint density at radius 2 is 1.09 bits per heavy atom. The van der Waals surface area contributed by atoms with Gasteiger partial charge >= 0.3 is 0 Å². The molecule has 2 aromatic carbocycles. The first-order chi connectivity index (χ1) is 10.8. The minimum absolute atomic E-state index is 1.02. The van der Waals surface area contributed by atoms with Crippen LogP contribution in [0.15, 0.2) is 36.4 Å². The third-order valence-corrected chi connectivity index (χ3v) is 4.51. The molecular formula is C20H24O2. The van der Waals surface area contributed by atoms with E-state index in [1.807, 2.05) is 0 Å². The Labute approximate surface area is 133 Å². The summed E-state index contributed by atoms with van der Waals surface area (Å²) in [6.07, 6.45) is 6.63. The number of hydrogen-bond acceptors (Lipinski definition) is 2. The minimum atomic E-state index is 1.02. The summed E-state index contributed by atoms with van der Waals surface area (Å²) >= 11 is 0. The maximum Gasteiger partial charge on any atom is 0.122 e. The van der Waals surface area contributed by atoms with E-state index in [1.54, 1.807) is 14.2 Å². The molecule has 0 aromatic heterocycles. The van der Waals surface area contributed by atoms with Gasteiger partial charge in [-0.1, -0.05) is 24.3 Å². The van der Waals surface area contributed by atoms with Crippen molar-refractivity contribution in [2.75, 3.05) is 14.2 Å². The average molecular weight is 296 g/mol. The summed E-state index contributed by atoms with van der Waals surface area (Å²) in [5.74, 6) is 2.05. The van der Waals surface area contributed by atoms with Crippen LogP contribution in [-0.4, -0.2) is 14.2 Å². The van der Waals surface area contributed by atoms with Gasteiger partial charge in [0.05, 0.1) is 14.2 Å². The van der Waals surface area contributed by atoms with Gasteiger partial charge in [0.1, 0.15) is 11.5 Å². The molecule has 2 heteroatoms. The van der Waals surface area contributed by atoms with Crippen molar-refractivity contribution in [2.45, 2.75) is 38.5 Å². The van der Waals surface area contributed by atoms with Crippen LogP contribution < -0.4 is 9.47 Å². The first kappa shape index (κ1) is 15.0. The van der Waals surface area contributed by atoms with Gasteiger partial charge in [0.2, 0.25) is 0 Å². The summed E-state index contributed by atoms with van der Waals surface area (Å²) in [7, 11) is 3.52. The van der Waals surface area contributed by atoms with Crippen molar-refractivity contribution in [1.29, 1.82) is 0 Å². The van der Waals surface area contributed by atoms with E-state index in [0.717, 1.165) is 50.0 Å². The molecule has 0 saturated carbocycles. The second kappa shape index (κ2) is 6.87. The first-order valence-corrected chi connectivity index (χ1v) is 8.12. The monoisotopic (exact) mass is 296 g/mol. The third-order valence-electron chi connectivity index (χ3n) is 4.51. The number of fused-ring (bicyclic) bond motifs is 4. The van der Waals surface area contributed by atoms with Gasteiger partial charge in [0.15, 0.2) is 0 Å². The molecule has 0 atom stereocenters. The molecule has 3 rings (SSSR count). The van der Waals surface area contributed by atoms with E-state index in [2.05, 4.69) is 36.4 Å². The topological polar surface area (TPSA) is 18.5 Å². The maximum absolute atomic E-state index is 5.51. The van der Waals surface area contributed by atoms with Crippen molar-refractivity contribution in [3.63, 3.8) is 0 Å². The fraction of sp³-hybridized carbons (Fsp3) is 0.400. The highest BCUT2D eigenvalue weighted by molar-refractivity contribution is 5.40. The second-order valence-corrected chi connectivity index (χ2v) is 6.00. The Morgan fingerprint density at radius 1 is 0.636 bits per heavy atom. The van der Waals surface area contributed by atoms with Crippen LogP contribution >= 0.6 is 0 Å². The molecule has 0 saturated heterocycles. The molecule has 2 aromatic rings. The Kier molecular flexibility index (Phi) is 4.67. The van der Waals surface area contributed by atoms with Crippen LogP contribution in [0.3, 0.4) is 0 Å². The standard InChI is InChI=1S/C20H24O2/c1-21-19-11-9-15-6-4-8-18-14-16(10-12-20(18)22-2)5-3-7-17(19)13-15/h9-14H,3-8H2,1-2H3. The number of rotatable bonds is 2. The lowest BCUT2D eigenvalue weighted by Crippen LogP contribution is -2.01. The zero-order valence-corrected chi connectivity index (χ0v) is 13.5. The maximum atomic E-state index is 5.51. The fourth-order valence-electron chi connectivity index (χ4n) is 3.33. The van der Waals surface area contributed by atoms with Crippen molar-refractivity contribution in [1.82, 2.24) is 0 Å². The van der Waals surface area contributed by atoms with Gasteiger partial charge in [-0.25, -0.2) is 0 Å².